The molecule has 2 aliphatic heterocycles. The highest BCUT2D eigenvalue weighted by molar-refractivity contribution is 9.09. The van der Waals surface area contributed by atoms with E-state index in [9.17, 15) is 33.5 Å². The summed E-state index contributed by atoms with van der Waals surface area (Å²) in [5.74, 6) is -7.95. The Kier molecular flexibility index (Phi) is 7.26. The lowest BCUT2D eigenvalue weighted by Gasteiger charge is -2.50. The summed E-state index contributed by atoms with van der Waals surface area (Å²) >= 11 is 17.5. The van der Waals surface area contributed by atoms with Crippen molar-refractivity contribution in [3.05, 3.63) is 107 Å². The Hall–Kier alpha value is -3.86. The van der Waals surface area contributed by atoms with Crippen LogP contribution in [-0.4, -0.2) is 54.6 Å². The number of amides is 4. The van der Waals surface area contributed by atoms with Gasteiger partial charge in [-0.3, -0.25) is 33.8 Å². The standard InChI is InChI=1S/C34H24BrCl2FN2O6/c35-16-39-31(45)33(36)15-23-21(27(34(33,37)32(39)46)19-8-13-25(41)24(38)14-19)11-12-22-26(23)30(44)40(29(22)43)20-9-6-18(7-10-20)28(42)17-4-2-1-3-5-17/h1-11,13-14,22-23,26-27,41H,12,15-16H2. The molecule has 0 bridgehead atoms. The van der Waals surface area contributed by atoms with Gasteiger partial charge < -0.3 is 5.11 Å². The number of fused-ring (bicyclic) bond motifs is 4. The van der Waals surface area contributed by atoms with Crippen molar-refractivity contribution in [3.63, 3.8) is 0 Å². The molecule has 7 rings (SSSR count). The lowest BCUT2D eigenvalue weighted by atomic mass is 9.56. The van der Waals surface area contributed by atoms with Gasteiger partial charge >= 0.3 is 0 Å². The van der Waals surface area contributed by atoms with E-state index in [1.165, 1.54) is 6.07 Å². The fraction of sp³-hybridized carbons (Fsp3) is 0.265. The molecule has 8 nitrogen and oxygen atoms in total. The minimum atomic E-state index is -2.08. The van der Waals surface area contributed by atoms with Crippen molar-refractivity contribution in [1.29, 1.82) is 0 Å². The number of hydrogen-bond acceptors (Lipinski definition) is 6. The van der Waals surface area contributed by atoms with Crippen LogP contribution in [0.3, 0.4) is 0 Å². The van der Waals surface area contributed by atoms with E-state index in [1.54, 1.807) is 60.7 Å². The second kappa shape index (κ2) is 10.9. The largest absolute Gasteiger partial charge is 0.505 e. The van der Waals surface area contributed by atoms with Gasteiger partial charge in [-0.25, -0.2) is 4.39 Å². The molecule has 3 aromatic carbocycles. The molecule has 12 heteroatoms. The van der Waals surface area contributed by atoms with Crippen molar-refractivity contribution in [3.8, 4) is 5.75 Å². The van der Waals surface area contributed by atoms with E-state index in [-0.39, 0.29) is 35.3 Å². The normalized spacial score (nSPS) is 30.2. The van der Waals surface area contributed by atoms with Crippen LogP contribution in [0.4, 0.5) is 10.1 Å². The summed E-state index contributed by atoms with van der Waals surface area (Å²) in [7, 11) is 0. The molecule has 6 atom stereocenters. The van der Waals surface area contributed by atoms with Crippen LogP contribution in [0.1, 0.15) is 40.2 Å². The summed E-state index contributed by atoms with van der Waals surface area (Å²) in [6.07, 6.45) is 1.66. The van der Waals surface area contributed by atoms with Crippen molar-refractivity contribution in [2.45, 2.75) is 28.5 Å². The molecule has 3 aromatic rings. The first-order valence-corrected chi connectivity index (χ1v) is 16.4. The Morgan fingerprint density at radius 1 is 0.913 bits per heavy atom. The lowest BCUT2D eigenvalue weighted by Crippen LogP contribution is -2.60. The molecule has 6 unspecified atom stereocenters. The Bertz CT molecular complexity index is 1890. The number of likely N-dealkylation sites (tertiary alicyclic amines) is 1. The van der Waals surface area contributed by atoms with Crippen molar-refractivity contribution in [1.82, 2.24) is 4.90 Å². The number of hydrogen-bond donors (Lipinski definition) is 1. The van der Waals surface area contributed by atoms with Crippen LogP contribution >= 0.6 is 39.1 Å². The summed E-state index contributed by atoms with van der Waals surface area (Å²) in [6, 6.07) is 18.5. The highest BCUT2D eigenvalue weighted by Gasteiger charge is 2.76. The van der Waals surface area contributed by atoms with Gasteiger partial charge in [0, 0.05) is 17.0 Å². The maximum atomic E-state index is 14.7. The van der Waals surface area contributed by atoms with Gasteiger partial charge in [0.25, 0.3) is 11.8 Å². The Balaban J connectivity index is 1.28. The van der Waals surface area contributed by atoms with Crippen molar-refractivity contribution >= 4 is 74.2 Å². The lowest BCUT2D eigenvalue weighted by molar-refractivity contribution is -0.138. The van der Waals surface area contributed by atoms with Gasteiger partial charge in [0.2, 0.25) is 11.8 Å². The van der Waals surface area contributed by atoms with Gasteiger partial charge in [-0.2, -0.15) is 0 Å². The molecule has 3 fully saturated rings. The third-order valence-corrected chi connectivity index (χ3v) is 11.7. The van der Waals surface area contributed by atoms with Crippen LogP contribution in [0.5, 0.6) is 5.75 Å². The van der Waals surface area contributed by atoms with E-state index in [0.29, 0.717) is 16.7 Å². The molecular formula is C34H24BrCl2FN2O6. The number of benzene rings is 3. The van der Waals surface area contributed by atoms with Gasteiger partial charge in [-0.1, -0.05) is 64.0 Å². The number of ketones is 1. The number of halogens is 4. The van der Waals surface area contributed by atoms with E-state index in [4.69, 9.17) is 23.2 Å². The fourth-order valence-corrected chi connectivity index (χ4v) is 9.03. The highest BCUT2D eigenvalue weighted by atomic mass is 79.9. The third-order valence-electron chi connectivity index (χ3n) is 9.74. The molecule has 2 saturated heterocycles. The molecule has 4 aliphatic rings. The summed E-state index contributed by atoms with van der Waals surface area (Å²) < 4.78 is 14.7. The summed E-state index contributed by atoms with van der Waals surface area (Å²) in [4.78, 5) is 66.4. The maximum Gasteiger partial charge on any atom is 0.254 e. The fourth-order valence-electron chi connectivity index (χ4n) is 7.60. The second-order valence-corrected chi connectivity index (χ2v) is 13.7. The number of carbonyl (C=O) groups excluding carboxylic acids is 5. The zero-order valence-electron chi connectivity index (χ0n) is 23.8. The van der Waals surface area contributed by atoms with Crippen LogP contribution in [0.2, 0.25) is 0 Å². The first-order valence-electron chi connectivity index (χ1n) is 14.5. The smallest absolute Gasteiger partial charge is 0.254 e. The Morgan fingerprint density at radius 2 is 1.59 bits per heavy atom. The number of nitrogens with zero attached hydrogens (tertiary/aromatic N) is 2. The number of aromatic hydroxyl groups is 1. The molecule has 0 aromatic heterocycles. The first-order chi connectivity index (χ1) is 21.9. The third kappa shape index (κ3) is 4.12. The molecule has 4 amide bonds. The molecule has 234 valence electrons. The topological polar surface area (TPSA) is 112 Å². The van der Waals surface area contributed by atoms with Gasteiger partial charge in [-0.05, 0) is 60.7 Å². The van der Waals surface area contributed by atoms with Crippen LogP contribution in [0.15, 0.2) is 84.4 Å². The van der Waals surface area contributed by atoms with E-state index in [0.717, 1.165) is 21.9 Å². The average Bonchev–Trinajstić information content (AvgIpc) is 3.40. The summed E-state index contributed by atoms with van der Waals surface area (Å²) in [5.41, 5.74) is 1.67. The molecule has 0 spiro atoms. The molecule has 2 heterocycles. The summed E-state index contributed by atoms with van der Waals surface area (Å²) in [6.45, 7) is 0. The van der Waals surface area contributed by atoms with Crippen molar-refractivity contribution in [2.24, 2.45) is 17.8 Å². The van der Waals surface area contributed by atoms with Crippen molar-refractivity contribution < 1.29 is 33.5 Å². The van der Waals surface area contributed by atoms with Crippen LogP contribution < -0.4 is 4.90 Å². The average molecular weight is 726 g/mol. The molecule has 46 heavy (non-hydrogen) atoms. The number of carbonyl (C=O) groups is 5. The van der Waals surface area contributed by atoms with E-state index in [2.05, 4.69) is 15.9 Å². The van der Waals surface area contributed by atoms with E-state index < -0.39 is 68.6 Å². The van der Waals surface area contributed by atoms with Gasteiger partial charge in [0.05, 0.1) is 23.0 Å². The molecule has 1 saturated carbocycles. The van der Waals surface area contributed by atoms with Gasteiger partial charge in [0.15, 0.2) is 27.1 Å². The SMILES string of the molecule is O=C(c1ccccc1)c1ccc(N2C(=O)C3CC=C4C(CC5(Cl)C(=O)N(CBr)C(=O)C5(Cl)C4c4ccc(O)c(F)c4)C3C2=O)cc1. The second-order valence-electron chi connectivity index (χ2n) is 12.0. The minimum absolute atomic E-state index is 0.131. The monoisotopic (exact) mass is 724 g/mol. The summed E-state index contributed by atoms with van der Waals surface area (Å²) in [5, 5.41) is 9.89. The first kappa shape index (κ1) is 30.8. The number of allylic oxidation sites excluding steroid dienone is 2. The molecule has 2 aliphatic carbocycles. The molecule has 1 N–H and O–H groups in total. The van der Waals surface area contributed by atoms with E-state index in [1.807, 2.05) is 0 Å². The predicted molar refractivity (Wildman–Crippen MR) is 170 cm³/mol. The predicted octanol–water partition coefficient (Wildman–Crippen LogP) is 5.68. The Morgan fingerprint density at radius 3 is 2.24 bits per heavy atom. The highest BCUT2D eigenvalue weighted by Crippen LogP contribution is 2.65. The van der Waals surface area contributed by atoms with Crippen LogP contribution in [-0.2, 0) is 19.2 Å². The van der Waals surface area contributed by atoms with E-state index >= 15 is 0 Å². The molecular weight excluding hydrogens is 702 g/mol. The maximum absolute atomic E-state index is 14.7. The van der Waals surface area contributed by atoms with Gasteiger partial charge in [-0.15, -0.1) is 23.2 Å². The number of phenolic OH excluding ortho intramolecular Hbond substituents is 1. The Labute approximate surface area is 280 Å². The van der Waals surface area contributed by atoms with Gasteiger partial charge in [0.1, 0.15) is 0 Å². The zero-order chi connectivity index (χ0) is 32.7. The number of anilines is 1. The number of imide groups is 2. The number of alkyl halides is 3. The number of rotatable bonds is 5. The van der Waals surface area contributed by atoms with Crippen molar-refractivity contribution in [2.75, 3.05) is 10.4 Å². The minimum Gasteiger partial charge on any atom is -0.505 e. The quantitative estimate of drug-likeness (QED) is 0.119. The molecule has 0 radical (unpaired) electrons. The number of phenols is 1. The zero-order valence-corrected chi connectivity index (χ0v) is 26.9. The van der Waals surface area contributed by atoms with Crippen LogP contribution in [0.25, 0.3) is 0 Å². The van der Waals surface area contributed by atoms with Crippen LogP contribution in [0, 0.1) is 23.6 Å².